The van der Waals surface area contributed by atoms with Crippen LogP contribution in [0, 0.1) is 12.7 Å². The van der Waals surface area contributed by atoms with Gasteiger partial charge in [-0.2, -0.15) is 0 Å². The monoisotopic (exact) mass is 307 g/mol. The van der Waals surface area contributed by atoms with E-state index in [0.717, 1.165) is 11.4 Å². The molecule has 0 saturated heterocycles. The Morgan fingerprint density at radius 3 is 2.52 bits per heavy atom. The van der Waals surface area contributed by atoms with Gasteiger partial charge in [-0.1, -0.05) is 43.6 Å². The Labute approximate surface area is 129 Å². The molecule has 21 heavy (non-hydrogen) atoms. The first-order valence-corrected chi connectivity index (χ1v) is 7.26. The normalized spacial score (nSPS) is 11.0. The topological polar surface area (TPSA) is 29.0 Å². The minimum absolute atomic E-state index is 0.184. The predicted octanol–water partition coefficient (Wildman–Crippen LogP) is 4.34. The summed E-state index contributed by atoms with van der Waals surface area (Å²) in [7, 11) is 1.88. The van der Waals surface area contributed by atoms with Crippen LogP contribution in [0.15, 0.2) is 24.3 Å². The number of anilines is 1. The largest absolute Gasteiger partial charge is 0.355 e. The Morgan fingerprint density at radius 2 is 1.90 bits per heavy atom. The lowest BCUT2D eigenvalue weighted by molar-refractivity contribution is 0.607. The molecule has 0 aliphatic heterocycles. The highest BCUT2D eigenvalue weighted by Gasteiger charge is 2.16. The summed E-state index contributed by atoms with van der Waals surface area (Å²) in [5, 5.41) is 0.448. The number of hydrogen-bond acceptors (Lipinski definition) is 3. The fourth-order valence-corrected chi connectivity index (χ4v) is 2.25. The second-order valence-corrected chi connectivity index (χ2v) is 5.78. The molecule has 5 heteroatoms. The van der Waals surface area contributed by atoms with Crippen LogP contribution in [-0.2, 0) is 6.54 Å². The van der Waals surface area contributed by atoms with Crippen LogP contribution in [0.2, 0.25) is 5.15 Å². The molecule has 1 aromatic heterocycles. The van der Waals surface area contributed by atoms with E-state index in [1.54, 1.807) is 12.1 Å². The molecule has 0 bridgehead atoms. The summed E-state index contributed by atoms with van der Waals surface area (Å²) in [6.45, 7) is 6.33. The minimum atomic E-state index is -0.216. The molecule has 1 heterocycles. The predicted molar refractivity (Wildman–Crippen MR) is 84.4 cm³/mol. The molecular formula is C16H19ClFN3. The average Bonchev–Trinajstić information content (AvgIpc) is 2.43. The molecule has 0 atom stereocenters. The molecule has 0 aliphatic rings. The van der Waals surface area contributed by atoms with Crippen LogP contribution < -0.4 is 4.90 Å². The van der Waals surface area contributed by atoms with E-state index in [2.05, 4.69) is 9.97 Å². The zero-order valence-corrected chi connectivity index (χ0v) is 13.4. The summed E-state index contributed by atoms with van der Waals surface area (Å²) in [6.07, 6.45) is 0. The second kappa shape index (κ2) is 6.39. The lowest BCUT2D eigenvalue weighted by Crippen LogP contribution is -2.21. The van der Waals surface area contributed by atoms with Crippen molar-refractivity contribution in [2.75, 3.05) is 11.9 Å². The maximum atomic E-state index is 13.8. The minimum Gasteiger partial charge on any atom is -0.355 e. The standard InChI is InChI=1S/C16H19ClFN3/c1-10(2)15-19-14(17)11(3)16(20-15)21(4)9-12-7-5-6-8-13(12)18/h5-8,10H,9H2,1-4H3. The highest BCUT2D eigenvalue weighted by atomic mass is 35.5. The van der Waals surface area contributed by atoms with Crippen molar-refractivity contribution in [1.29, 1.82) is 0 Å². The van der Waals surface area contributed by atoms with Crippen molar-refractivity contribution in [2.45, 2.75) is 33.2 Å². The molecule has 3 nitrogen and oxygen atoms in total. The van der Waals surface area contributed by atoms with Crippen LogP contribution in [-0.4, -0.2) is 17.0 Å². The highest BCUT2D eigenvalue weighted by Crippen LogP contribution is 2.26. The van der Waals surface area contributed by atoms with E-state index in [1.165, 1.54) is 6.07 Å². The SMILES string of the molecule is Cc1c(Cl)nc(C(C)C)nc1N(C)Cc1ccccc1F. The first-order valence-electron chi connectivity index (χ1n) is 6.88. The van der Waals surface area contributed by atoms with E-state index in [4.69, 9.17) is 11.6 Å². The maximum Gasteiger partial charge on any atom is 0.137 e. The summed E-state index contributed by atoms with van der Waals surface area (Å²) < 4.78 is 13.8. The van der Waals surface area contributed by atoms with Crippen molar-refractivity contribution in [3.63, 3.8) is 0 Å². The zero-order valence-electron chi connectivity index (χ0n) is 12.7. The van der Waals surface area contributed by atoms with Crippen LogP contribution in [0.4, 0.5) is 10.2 Å². The molecule has 0 fully saturated rings. The fourth-order valence-electron chi connectivity index (χ4n) is 2.08. The fraction of sp³-hybridized carbons (Fsp3) is 0.375. The second-order valence-electron chi connectivity index (χ2n) is 5.42. The molecule has 0 N–H and O–H groups in total. The molecule has 0 radical (unpaired) electrons. The van der Waals surface area contributed by atoms with Crippen LogP contribution >= 0.6 is 11.6 Å². The summed E-state index contributed by atoms with van der Waals surface area (Å²) in [5.74, 6) is 1.40. The third-order valence-electron chi connectivity index (χ3n) is 3.32. The van der Waals surface area contributed by atoms with Gasteiger partial charge >= 0.3 is 0 Å². The smallest absolute Gasteiger partial charge is 0.137 e. The third kappa shape index (κ3) is 3.50. The van der Waals surface area contributed by atoms with Gasteiger partial charge in [0.15, 0.2) is 0 Å². The zero-order chi connectivity index (χ0) is 15.6. The van der Waals surface area contributed by atoms with Gasteiger partial charge in [-0.05, 0) is 13.0 Å². The molecule has 2 rings (SSSR count). The number of halogens is 2. The molecule has 0 unspecified atom stereocenters. The lowest BCUT2D eigenvalue weighted by atomic mass is 10.2. The number of benzene rings is 1. The van der Waals surface area contributed by atoms with E-state index < -0.39 is 0 Å². The third-order valence-corrected chi connectivity index (χ3v) is 3.69. The number of hydrogen-bond donors (Lipinski definition) is 0. The van der Waals surface area contributed by atoms with E-state index in [9.17, 15) is 4.39 Å². The Kier molecular flexibility index (Phi) is 4.78. The van der Waals surface area contributed by atoms with Gasteiger partial charge in [0, 0.05) is 30.6 Å². The molecule has 0 spiro atoms. The van der Waals surface area contributed by atoms with Crippen molar-refractivity contribution >= 4 is 17.4 Å². The van der Waals surface area contributed by atoms with Crippen molar-refractivity contribution in [2.24, 2.45) is 0 Å². The van der Waals surface area contributed by atoms with Gasteiger partial charge in [0.1, 0.15) is 22.6 Å². The first-order chi connectivity index (χ1) is 9.90. The number of nitrogens with zero attached hydrogens (tertiary/aromatic N) is 3. The molecule has 2 aromatic rings. The molecular weight excluding hydrogens is 289 g/mol. The van der Waals surface area contributed by atoms with Crippen LogP contribution in [0.5, 0.6) is 0 Å². The van der Waals surface area contributed by atoms with E-state index in [-0.39, 0.29) is 11.7 Å². The molecule has 112 valence electrons. The molecule has 0 amide bonds. The lowest BCUT2D eigenvalue weighted by Gasteiger charge is -2.22. The Bertz CT molecular complexity index is 643. The highest BCUT2D eigenvalue weighted by molar-refractivity contribution is 6.30. The van der Waals surface area contributed by atoms with E-state index in [0.29, 0.717) is 23.1 Å². The van der Waals surface area contributed by atoms with Gasteiger partial charge in [0.05, 0.1) is 0 Å². The van der Waals surface area contributed by atoms with Gasteiger partial charge in [-0.3, -0.25) is 0 Å². The van der Waals surface area contributed by atoms with Crippen molar-refractivity contribution < 1.29 is 4.39 Å². The summed E-state index contributed by atoms with van der Waals surface area (Å²) >= 11 is 6.19. The van der Waals surface area contributed by atoms with Gasteiger partial charge in [-0.25, -0.2) is 14.4 Å². The van der Waals surface area contributed by atoms with Crippen molar-refractivity contribution in [3.8, 4) is 0 Å². The summed E-state index contributed by atoms with van der Waals surface area (Å²) in [6, 6.07) is 6.74. The van der Waals surface area contributed by atoms with Crippen molar-refractivity contribution in [3.05, 3.63) is 52.2 Å². The van der Waals surface area contributed by atoms with Gasteiger partial charge in [0.25, 0.3) is 0 Å². The maximum absolute atomic E-state index is 13.8. The molecule has 0 saturated carbocycles. The van der Waals surface area contributed by atoms with Crippen LogP contribution in [0.25, 0.3) is 0 Å². The van der Waals surface area contributed by atoms with Crippen molar-refractivity contribution in [1.82, 2.24) is 9.97 Å². The quantitative estimate of drug-likeness (QED) is 0.787. The molecule has 1 aromatic carbocycles. The summed E-state index contributed by atoms with van der Waals surface area (Å²) in [4.78, 5) is 10.8. The number of rotatable bonds is 4. The average molecular weight is 308 g/mol. The Hall–Kier alpha value is -1.68. The van der Waals surface area contributed by atoms with Gasteiger partial charge < -0.3 is 4.90 Å². The Morgan fingerprint density at radius 1 is 1.24 bits per heavy atom. The van der Waals surface area contributed by atoms with Gasteiger partial charge in [0.2, 0.25) is 0 Å². The van der Waals surface area contributed by atoms with E-state index in [1.807, 2.05) is 38.8 Å². The van der Waals surface area contributed by atoms with Gasteiger partial charge in [-0.15, -0.1) is 0 Å². The molecule has 0 aliphatic carbocycles. The van der Waals surface area contributed by atoms with E-state index >= 15 is 0 Å². The van der Waals surface area contributed by atoms with Crippen LogP contribution in [0.1, 0.15) is 36.7 Å². The summed E-state index contributed by atoms with van der Waals surface area (Å²) in [5.41, 5.74) is 1.43. The first kappa shape index (κ1) is 15.7. The van der Waals surface area contributed by atoms with Crippen LogP contribution in [0.3, 0.4) is 0 Å². The Balaban J connectivity index is 2.35. The number of aromatic nitrogens is 2.